The van der Waals surface area contributed by atoms with Crippen LogP contribution in [0, 0.1) is 11.3 Å². The fourth-order valence-electron chi connectivity index (χ4n) is 2.43. The molecule has 1 unspecified atom stereocenters. The van der Waals surface area contributed by atoms with Gasteiger partial charge in [-0.2, -0.15) is 5.26 Å². The smallest absolute Gasteiger partial charge is 0.184 e. The first kappa shape index (κ1) is 13.8. The second-order valence-corrected chi connectivity index (χ2v) is 5.39. The van der Waals surface area contributed by atoms with Gasteiger partial charge >= 0.3 is 0 Å². The van der Waals surface area contributed by atoms with Gasteiger partial charge in [0, 0.05) is 10.6 Å². The molecule has 4 heteroatoms. The van der Waals surface area contributed by atoms with Crippen LogP contribution in [0.3, 0.4) is 0 Å². The molecule has 0 aliphatic carbocycles. The standard InChI is InChI=1S/C17H12ClNO2/c18-15-5-3-11(4-6-15)16(8-19)17(20)12-1-2-13-9-21-10-14(13)7-12/h1-7,16H,9-10H2. The highest BCUT2D eigenvalue weighted by atomic mass is 35.5. The van der Waals surface area contributed by atoms with Crippen molar-refractivity contribution in [2.45, 2.75) is 19.1 Å². The molecule has 2 aromatic carbocycles. The van der Waals surface area contributed by atoms with E-state index >= 15 is 0 Å². The summed E-state index contributed by atoms with van der Waals surface area (Å²) in [4.78, 5) is 12.6. The van der Waals surface area contributed by atoms with E-state index in [4.69, 9.17) is 16.3 Å². The first-order valence-electron chi connectivity index (χ1n) is 6.58. The second kappa shape index (κ2) is 5.69. The Balaban J connectivity index is 1.92. The third-order valence-corrected chi connectivity index (χ3v) is 3.85. The summed E-state index contributed by atoms with van der Waals surface area (Å²) in [7, 11) is 0. The number of nitriles is 1. The minimum Gasteiger partial charge on any atom is -0.372 e. The molecule has 0 aromatic heterocycles. The molecule has 0 bridgehead atoms. The van der Waals surface area contributed by atoms with Crippen LogP contribution >= 0.6 is 11.6 Å². The summed E-state index contributed by atoms with van der Waals surface area (Å²) in [6, 6.07) is 14.4. The Morgan fingerprint density at radius 1 is 1.14 bits per heavy atom. The highest BCUT2D eigenvalue weighted by Crippen LogP contribution is 2.26. The fraction of sp³-hybridized carbons (Fsp3) is 0.176. The summed E-state index contributed by atoms with van der Waals surface area (Å²) in [6.45, 7) is 1.11. The summed E-state index contributed by atoms with van der Waals surface area (Å²) in [5.74, 6) is -1.02. The zero-order valence-electron chi connectivity index (χ0n) is 11.2. The Kier molecular flexibility index (Phi) is 3.74. The van der Waals surface area contributed by atoms with Gasteiger partial charge in [0.15, 0.2) is 5.78 Å². The Labute approximate surface area is 127 Å². The van der Waals surface area contributed by atoms with Gasteiger partial charge < -0.3 is 4.74 Å². The summed E-state index contributed by atoms with van der Waals surface area (Å²) >= 11 is 5.84. The number of fused-ring (bicyclic) bond motifs is 1. The van der Waals surface area contributed by atoms with Gasteiger partial charge in [-0.3, -0.25) is 4.79 Å². The van der Waals surface area contributed by atoms with Crippen molar-refractivity contribution in [3.63, 3.8) is 0 Å². The number of carbonyl (C=O) groups excluding carboxylic acids is 1. The molecule has 0 saturated heterocycles. The van der Waals surface area contributed by atoms with Crippen molar-refractivity contribution in [3.05, 3.63) is 69.7 Å². The van der Waals surface area contributed by atoms with Gasteiger partial charge in [-0.05, 0) is 34.9 Å². The van der Waals surface area contributed by atoms with Crippen molar-refractivity contribution in [2.24, 2.45) is 0 Å². The number of carbonyl (C=O) groups is 1. The zero-order valence-corrected chi connectivity index (χ0v) is 11.9. The van der Waals surface area contributed by atoms with Crippen LogP contribution in [0.25, 0.3) is 0 Å². The summed E-state index contributed by atoms with van der Waals surface area (Å²) in [5.41, 5.74) is 3.32. The molecule has 1 heterocycles. The largest absolute Gasteiger partial charge is 0.372 e. The van der Waals surface area contributed by atoms with Crippen LogP contribution in [0.15, 0.2) is 42.5 Å². The Morgan fingerprint density at radius 3 is 2.57 bits per heavy atom. The van der Waals surface area contributed by atoms with E-state index in [2.05, 4.69) is 6.07 Å². The number of Topliss-reactive ketones (excluding diaryl/α,β-unsaturated/α-hetero) is 1. The molecular formula is C17H12ClNO2. The van der Waals surface area contributed by atoms with Crippen molar-refractivity contribution in [1.82, 2.24) is 0 Å². The van der Waals surface area contributed by atoms with E-state index in [9.17, 15) is 10.1 Å². The minimum absolute atomic E-state index is 0.200. The van der Waals surface area contributed by atoms with E-state index in [-0.39, 0.29) is 5.78 Å². The highest BCUT2D eigenvalue weighted by molar-refractivity contribution is 6.30. The first-order valence-corrected chi connectivity index (χ1v) is 6.95. The molecule has 3 rings (SSSR count). The number of nitrogens with zero attached hydrogens (tertiary/aromatic N) is 1. The molecule has 0 N–H and O–H groups in total. The maximum absolute atomic E-state index is 12.6. The Bertz CT molecular complexity index is 731. The quantitative estimate of drug-likeness (QED) is 0.808. The van der Waals surface area contributed by atoms with Gasteiger partial charge in [0.1, 0.15) is 5.92 Å². The maximum Gasteiger partial charge on any atom is 0.184 e. The Hall–Kier alpha value is -2.15. The van der Waals surface area contributed by atoms with Gasteiger partial charge in [0.05, 0.1) is 19.3 Å². The third kappa shape index (κ3) is 2.69. The van der Waals surface area contributed by atoms with Crippen molar-refractivity contribution < 1.29 is 9.53 Å². The molecule has 104 valence electrons. The molecule has 0 fully saturated rings. The van der Waals surface area contributed by atoms with Gasteiger partial charge in [-0.1, -0.05) is 35.9 Å². The molecule has 0 saturated carbocycles. The SMILES string of the molecule is N#CC(C(=O)c1ccc2c(c1)COC2)c1ccc(Cl)cc1. The maximum atomic E-state index is 12.6. The molecule has 0 spiro atoms. The van der Waals surface area contributed by atoms with Crippen molar-refractivity contribution >= 4 is 17.4 Å². The summed E-state index contributed by atoms with van der Waals surface area (Å²) in [5, 5.41) is 9.93. The van der Waals surface area contributed by atoms with Crippen LogP contribution < -0.4 is 0 Å². The lowest BCUT2D eigenvalue weighted by Gasteiger charge is -2.10. The molecule has 21 heavy (non-hydrogen) atoms. The van der Waals surface area contributed by atoms with Crippen LogP contribution in [-0.4, -0.2) is 5.78 Å². The molecule has 0 amide bonds. The number of rotatable bonds is 3. The topological polar surface area (TPSA) is 50.1 Å². The molecule has 2 aromatic rings. The normalized spacial score (nSPS) is 14.3. The predicted molar refractivity (Wildman–Crippen MR) is 79.1 cm³/mol. The van der Waals surface area contributed by atoms with E-state index in [1.165, 1.54) is 0 Å². The van der Waals surface area contributed by atoms with Crippen LogP contribution in [0.2, 0.25) is 5.02 Å². The van der Waals surface area contributed by atoms with Gasteiger partial charge in [0.2, 0.25) is 0 Å². The fourth-order valence-corrected chi connectivity index (χ4v) is 2.56. The van der Waals surface area contributed by atoms with E-state index < -0.39 is 5.92 Å². The van der Waals surface area contributed by atoms with E-state index in [0.29, 0.717) is 29.4 Å². The molecule has 1 aliphatic heterocycles. The van der Waals surface area contributed by atoms with E-state index in [1.54, 1.807) is 30.3 Å². The van der Waals surface area contributed by atoms with E-state index in [1.807, 2.05) is 12.1 Å². The molecule has 3 nitrogen and oxygen atoms in total. The van der Waals surface area contributed by atoms with Crippen LogP contribution in [0.1, 0.15) is 33.0 Å². The van der Waals surface area contributed by atoms with Crippen LogP contribution in [0.4, 0.5) is 0 Å². The average Bonchev–Trinajstić information content (AvgIpc) is 2.97. The second-order valence-electron chi connectivity index (χ2n) is 4.95. The van der Waals surface area contributed by atoms with Crippen LogP contribution in [0.5, 0.6) is 0 Å². The Morgan fingerprint density at radius 2 is 1.86 bits per heavy atom. The highest BCUT2D eigenvalue weighted by Gasteiger charge is 2.23. The average molecular weight is 298 g/mol. The number of ether oxygens (including phenoxy) is 1. The number of ketones is 1. The van der Waals surface area contributed by atoms with Crippen molar-refractivity contribution in [3.8, 4) is 6.07 Å². The summed E-state index contributed by atoms with van der Waals surface area (Å²) < 4.78 is 5.34. The van der Waals surface area contributed by atoms with Crippen molar-refractivity contribution in [2.75, 3.05) is 0 Å². The van der Waals surface area contributed by atoms with Crippen LogP contribution in [-0.2, 0) is 18.0 Å². The van der Waals surface area contributed by atoms with Gasteiger partial charge in [-0.15, -0.1) is 0 Å². The van der Waals surface area contributed by atoms with Gasteiger partial charge in [0.25, 0.3) is 0 Å². The van der Waals surface area contributed by atoms with Crippen molar-refractivity contribution in [1.29, 1.82) is 5.26 Å². The first-order chi connectivity index (χ1) is 10.2. The third-order valence-electron chi connectivity index (χ3n) is 3.60. The molecule has 0 radical (unpaired) electrons. The summed E-state index contributed by atoms with van der Waals surface area (Å²) in [6.07, 6.45) is 0. The number of halogens is 1. The lowest BCUT2D eigenvalue weighted by Crippen LogP contribution is -2.11. The predicted octanol–water partition coefficient (Wildman–Crippen LogP) is 3.86. The lowest BCUT2D eigenvalue weighted by molar-refractivity contribution is 0.0978. The zero-order chi connectivity index (χ0) is 14.8. The monoisotopic (exact) mass is 297 g/mol. The molecule has 1 aliphatic rings. The minimum atomic E-state index is -0.817. The lowest BCUT2D eigenvalue weighted by atomic mass is 9.90. The number of hydrogen-bond donors (Lipinski definition) is 0. The number of benzene rings is 2. The van der Waals surface area contributed by atoms with Gasteiger partial charge in [-0.25, -0.2) is 0 Å². The molecule has 1 atom stereocenters. The number of hydrogen-bond acceptors (Lipinski definition) is 3. The molecular weight excluding hydrogens is 286 g/mol. The van der Waals surface area contributed by atoms with E-state index in [0.717, 1.165) is 11.1 Å².